The van der Waals surface area contributed by atoms with Gasteiger partial charge in [0.15, 0.2) is 0 Å². The van der Waals surface area contributed by atoms with Crippen molar-refractivity contribution < 1.29 is 19.1 Å². The van der Waals surface area contributed by atoms with E-state index in [4.69, 9.17) is 9.47 Å². The standard InChI is InChI=1S/C20H20O4/c21-19(15-8-3-1-4-9-15)23-17-12-7-13-18(14-17)24-20(22)16-10-5-2-6-11-16/h1-6,8-11,17-18H,7,12-14H2. The Kier molecular flexibility index (Phi) is 5.26. The molecule has 1 saturated carbocycles. The van der Waals surface area contributed by atoms with Crippen LogP contribution < -0.4 is 0 Å². The van der Waals surface area contributed by atoms with E-state index in [0.717, 1.165) is 19.3 Å². The van der Waals surface area contributed by atoms with Crippen LogP contribution in [0.4, 0.5) is 0 Å². The molecule has 0 radical (unpaired) electrons. The number of carbonyl (C=O) groups is 2. The second-order valence-electron chi connectivity index (χ2n) is 5.95. The van der Waals surface area contributed by atoms with Gasteiger partial charge in [0.1, 0.15) is 12.2 Å². The molecule has 0 amide bonds. The van der Waals surface area contributed by atoms with Gasteiger partial charge in [-0.05, 0) is 43.5 Å². The summed E-state index contributed by atoms with van der Waals surface area (Å²) in [6.07, 6.45) is 2.62. The van der Waals surface area contributed by atoms with Gasteiger partial charge in [-0.3, -0.25) is 0 Å². The van der Waals surface area contributed by atoms with Crippen LogP contribution in [0.25, 0.3) is 0 Å². The van der Waals surface area contributed by atoms with Gasteiger partial charge in [-0.1, -0.05) is 36.4 Å². The van der Waals surface area contributed by atoms with Gasteiger partial charge in [0.05, 0.1) is 11.1 Å². The topological polar surface area (TPSA) is 52.6 Å². The zero-order chi connectivity index (χ0) is 16.8. The molecular formula is C20H20O4. The van der Waals surface area contributed by atoms with Gasteiger partial charge in [0.2, 0.25) is 0 Å². The van der Waals surface area contributed by atoms with Crippen LogP contribution in [0, 0.1) is 0 Å². The number of carbonyl (C=O) groups excluding carboxylic acids is 2. The van der Waals surface area contributed by atoms with E-state index in [2.05, 4.69) is 0 Å². The van der Waals surface area contributed by atoms with Crippen molar-refractivity contribution in [2.75, 3.05) is 0 Å². The summed E-state index contributed by atoms with van der Waals surface area (Å²) in [6.45, 7) is 0. The normalized spacial score (nSPS) is 20.2. The molecule has 1 fully saturated rings. The van der Waals surface area contributed by atoms with Crippen LogP contribution in [0.1, 0.15) is 46.4 Å². The molecule has 24 heavy (non-hydrogen) atoms. The summed E-state index contributed by atoms with van der Waals surface area (Å²) >= 11 is 0. The number of esters is 2. The molecule has 0 aliphatic heterocycles. The molecule has 124 valence electrons. The van der Waals surface area contributed by atoms with E-state index in [0.29, 0.717) is 17.5 Å². The Balaban J connectivity index is 1.55. The van der Waals surface area contributed by atoms with Gasteiger partial charge in [-0.15, -0.1) is 0 Å². The zero-order valence-corrected chi connectivity index (χ0v) is 13.4. The van der Waals surface area contributed by atoms with Crippen molar-refractivity contribution in [2.24, 2.45) is 0 Å². The van der Waals surface area contributed by atoms with Crippen LogP contribution in [-0.4, -0.2) is 24.1 Å². The SMILES string of the molecule is O=C(OC1CCCC(OC(=O)c2ccccc2)C1)c1ccccc1. The Hall–Kier alpha value is -2.62. The van der Waals surface area contributed by atoms with Crippen molar-refractivity contribution in [3.05, 3.63) is 71.8 Å². The van der Waals surface area contributed by atoms with Crippen molar-refractivity contribution in [3.63, 3.8) is 0 Å². The molecule has 0 saturated heterocycles. The second-order valence-corrected chi connectivity index (χ2v) is 5.95. The van der Waals surface area contributed by atoms with Crippen LogP contribution in [0.15, 0.2) is 60.7 Å². The number of benzene rings is 2. The maximum Gasteiger partial charge on any atom is 0.338 e. The molecule has 1 aliphatic carbocycles. The van der Waals surface area contributed by atoms with E-state index >= 15 is 0 Å². The maximum absolute atomic E-state index is 12.1. The second kappa shape index (κ2) is 7.77. The lowest BCUT2D eigenvalue weighted by Gasteiger charge is -2.28. The molecular weight excluding hydrogens is 304 g/mol. The average Bonchev–Trinajstić information content (AvgIpc) is 2.63. The maximum atomic E-state index is 12.1. The molecule has 2 aromatic rings. The van der Waals surface area contributed by atoms with E-state index in [1.165, 1.54) is 0 Å². The van der Waals surface area contributed by atoms with E-state index in [1.807, 2.05) is 36.4 Å². The first-order valence-electron chi connectivity index (χ1n) is 8.24. The van der Waals surface area contributed by atoms with Crippen molar-refractivity contribution in [1.29, 1.82) is 0 Å². The Morgan fingerprint density at radius 2 is 1.12 bits per heavy atom. The summed E-state index contributed by atoms with van der Waals surface area (Å²) in [6, 6.07) is 17.9. The molecule has 2 aromatic carbocycles. The highest BCUT2D eigenvalue weighted by Crippen LogP contribution is 2.25. The van der Waals surface area contributed by atoms with Crippen LogP contribution in [0.3, 0.4) is 0 Å². The average molecular weight is 324 g/mol. The molecule has 2 atom stereocenters. The zero-order valence-electron chi connectivity index (χ0n) is 13.4. The Morgan fingerprint density at radius 3 is 1.54 bits per heavy atom. The van der Waals surface area contributed by atoms with Gasteiger partial charge in [0.25, 0.3) is 0 Å². The minimum absolute atomic E-state index is 0.208. The quantitative estimate of drug-likeness (QED) is 0.797. The van der Waals surface area contributed by atoms with Gasteiger partial charge in [-0.25, -0.2) is 9.59 Å². The Labute approximate surface area is 141 Å². The lowest BCUT2D eigenvalue weighted by atomic mass is 9.94. The van der Waals surface area contributed by atoms with Crippen molar-refractivity contribution in [2.45, 2.75) is 37.9 Å². The van der Waals surface area contributed by atoms with Crippen molar-refractivity contribution >= 4 is 11.9 Å². The third-order valence-electron chi connectivity index (χ3n) is 4.14. The molecule has 4 nitrogen and oxygen atoms in total. The highest BCUT2D eigenvalue weighted by atomic mass is 16.6. The highest BCUT2D eigenvalue weighted by Gasteiger charge is 2.28. The molecule has 0 heterocycles. The Bertz CT molecular complexity index is 622. The summed E-state index contributed by atoms with van der Waals surface area (Å²) in [4.78, 5) is 24.3. The molecule has 2 unspecified atom stereocenters. The minimum Gasteiger partial charge on any atom is -0.459 e. The van der Waals surface area contributed by atoms with Crippen molar-refractivity contribution in [3.8, 4) is 0 Å². The van der Waals surface area contributed by atoms with E-state index < -0.39 is 0 Å². The fraction of sp³-hybridized carbons (Fsp3) is 0.300. The first-order chi connectivity index (χ1) is 11.7. The molecule has 0 bridgehead atoms. The molecule has 3 rings (SSSR count). The molecule has 1 aliphatic rings. The largest absolute Gasteiger partial charge is 0.459 e. The Morgan fingerprint density at radius 1 is 0.708 bits per heavy atom. The number of ether oxygens (including phenoxy) is 2. The van der Waals surface area contributed by atoms with Gasteiger partial charge in [-0.2, -0.15) is 0 Å². The van der Waals surface area contributed by atoms with E-state index in [1.54, 1.807) is 24.3 Å². The smallest absolute Gasteiger partial charge is 0.338 e. The van der Waals surface area contributed by atoms with Gasteiger partial charge >= 0.3 is 11.9 Å². The van der Waals surface area contributed by atoms with Crippen LogP contribution in [-0.2, 0) is 9.47 Å². The lowest BCUT2D eigenvalue weighted by Crippen LogP contribution is -2.31. The van der Waals surface area contributed by atoms with Crippen LogP contribution in [0.2, 0.25) is 0 Å². The summed E-state index contributed by atoms with van der Waals surface area (Å²) in [5.74, 6) is -0.647. The number of hydrogen-bond acceptors (Lipinski definition) is 4. The number of hydrogen-bond donors (Lipinski definition) is 0. The molecule has 0 aromatic heterocycles. The minimum atomic E-state index is -0.323. The predicted molar refractivity (Wildman–Crippen MR) is 89.8 cm³/mol. The molecule has 4 heteroatoms. The van der Waals surface area contributed by atoms with Gasteiger partial charge in [0, 0.05) is 6.42 Å². The van der Waals surface area contributed by atoms with E-state index in [-0.39, 0.29) is 24.1 Å². The highest BCUT2D eigenvalue weighted by molar-refractivity contribution is 5.90. The van der Waals surface area contributed by atoms with E-state index in [9.17, 15) is 9.59 Å². The lowest BCUT2D eigenvalue weighted by molar-refractivity contribution is -0.0177. The summed E-state index contributed by atoms with van der Waals surface area (Å²) in [5, 5.41) is 0. The molecule has 0 spiro atoms. The third-order valence-corrected chi connectivity index (χ3v) is 4.14. The monoisotopic (exact) mass is 324 g/mol. The van der Waals surface area contributed by atoms with Crippen molar-refractivity contribution in [1.82, 2.24) is 0 Å². The number of rotatable bonds is 4. The fourth-order valence-electron chi connectivity index (χ4n) is 2.90. The van der Waals surface area contributed by atoms with Crippen LogP contribution >= 0.6 is 0 Å². The molecule has 0 N–H and O–H groups in total. The fourth-order valence-corrected chi connectivity index (χ4v) is 2.90. The first-order valence-corrected chi connectivity index (χ1v) is 8.24. The summed E-state index contributed by atoms with van der Waals surface area (Å²) in [7, 11) is 0. The van der Waals surface area contributed by atoms with Gasteiger partial charge < -0.3 is 9.47 Å². The summed E-state index contributed by atoms with van der Waals surface area (Å²) < 4.78 is 11.1. The third kappa shape index (κ3) is 4.22. The first kappa shape index (κ1) is 16.2. The summed E-state index contributed by atoms with van der Waals surface area (Å²) in [5.41, 5.74) is 1.09. The van der Waals surface area contributed by atoms with Crippen LogP contribution in [0.5, 0.6) is 0 Å². The predicted octanol–water partition coefficient (Wildman–Crippen LogP) is 4.01.